The number of nitrogens with zero attached hydrogens (tertiary/aromatic N) is 2. The molecule has 0 spiro atoms. The molecule has 0 radical (unpaired) electrons. The largest absolute Gasteiger partial charge is 0.481 e. The lowest BCUT2D eigenvalue weighted by atomic mass is 10.1. The van der Waals surface area contributed by atoms with Gasteiger partial charge in [-0.1, -0.05) is 15.9 Å². The van der Waals surface area contributed by atoms with Crippen LogP contribution in [-0.2, 0) is 5.33 Å². The van der Waals surface area contributed by atoms with Crippen LogP contribution in [0.5, 0.6) is 5.88 Å². The molecule has 1 aromatic heterocycles. The Morgan fingerprint density at radius 2 is 2.33 bits per heavy atom. The summed E-state index contributed by atoms with van der Waals surface area (Å²) in [6, 6.07) is 1.68. The Bertz CT molecular complexity index is 404. The number of rotatable bonds is 3. The fraction of sp³-hybridized carbons (Fsp3) is 0.333. The first kappa shape index (κ1) is 11.9. The molecule has 80 valence electrons. The number of pyridine rings is 1. The Labute approximate surface area is 93.8 Å². The molecule has 0 bridgehead atoms. The van der Waals surface area contributed by atoms with Crippen molar-refractivity contribution in [1.82, 2.24) is 4.98 Å². The fourth-order valence-corrected chi connectivity index (χ4v) is 1.73. The molecule has 3 nitrogen and oxygen atoms in total. The highest BCUT2D eigenvalue weighted by molar-refractivity contribution is 9.08. The van der Waals surface area contributed by atoms with E-state index in [1.165, 1.54) is 7.11 Å². The summed E-state index contributed by atoms with van der Waals surface area (Å²) in [5.74, 6) is 0.112. The molecule has 0 atom stereocenters. The van der Waals surface area contributed by atoms with Gasteiger partial charge in [-0.05, 0) is 0 Å². The van der Waals surface area contributed by atoms with Crippen molar-refractivity contribution >= 4 is 15.9 Å². The molecule has 1 heterocycles. The number of nitriles is 1. The number of hydrogen-bond donors (Lipinski definition) is 0. The monoisotopic (exact) mass is 276 g/mol. The van der Waals surface area contributed by atoms with Gasteiger partial charge in [-0.25, -0.2) is 13.8 Å². The van der Waals surface area contributed by atoms with Gasteiger partial charge in [-0.15, -0.1) is 0 Å². The molecule has 0 aromatic carbocycles. The Hall–Kier alpha value is -1.22. The normalized spacial score (nSPS) is 10.1. The van der Waals surface area contributed by atoms with Crippen molar-refractivity contribution < 1.29 is 13.5 Å². The third-order valence-corrected chi connectivity index (χ3v) is 2.41. The summed E-state index contributed by atoms with van der Waals surface area (Å²) in [7, 11) is 1.34. The molecule has 15 heavy (non-hydrogen) atoms. The molecule has 0 saturated heterocycles. The SMILES string of the molecule is COc1ncc(C#N)c(C(F)F)c1CBr. The topological polar surface area (TPSA) is 45.9 Å². The first-order valence-corrected chi connectivity index (χ1v) is 5.07. The molecular weight excluding hydrogens is 270 g/mol. The van der Waals surface area contributed by atoms with Gasteiger partial charge in [0.1, 0.15) is 6.07 Å². The number of halogens is 3. The Balaban J connectivity index is 3.46. The van der Waals surface area contributed by atoms with E-state index in [0.29, 0.717) is 0 Å². The highest BCUT2D eigenvalue weighted by Crippen LogP contribution is 2.32. The van der Waals surface area contributed by atoms with E-state index in [2.05, 4.69) is 20.9 Å². The summed E-state index contributed by atoms with van der Waals surface area (Å²) in [6.07, 6.45) is -1.63. The van der Waals surface area contributed by atoms with Crippen LogP contribution < -0.4 is 4.74 Å². The molecule has 1 rings (SSSR count). The van der Waals surface area contributed by atoms with Crippen LogP contribution in [0.2, 0.25) is 0 Å². The van der Waals surface area contributed by atoms with Crippen LogP contribution in [0.4, 0.5) is 8.78 Å². The quantitative estimate of drug-likeness (QED) is 0.798. The number of aromatic nitrogens is 1. The van der Waals surface area contributed by atoms with Gasteiger partial charge in [0.25, 0.3) is 6.43 Å². The van der Waals surface area contributed by atoms with Crippen LogP contribution in [0.25, 0.3) is 0 Å². The summed E-state index contributed by atoms with van der Waals surface area (Å²) in [5, 5.41) is 8.84. The van der Waals surface area contributed by atoms with Crippen LogP contribution in [0.15, 0.2) is 6.20 Å². The Morgan fingerprint density at radius 1 is 1.67 bits per heavy atom. The van der Waals surface area contributed by atoms with E-state index in [9.17, 15) is 8.78 Å². The van der Waals surface area contributed by atoms with E-state index < -0.39 is 6.43 Å². The zero-order valence-corrected chi connectivity index (χ0v) is 9.38. The van der Waals surface area contributed by atoms with Gasteiger partial charge in [-0.2, -0.15) is 5.26 Å². The average molecular weight is 277 g/mol. The Kier molecular flexibility index (Phi) is 3.97. The van der Waals surface area contributed by atoms with Crippen LogP contribution in [-0.4, -0.2) is 12.1 Å². The van der Waals surface area contributed by atoms with Gasteiger partial charge in [0.05, 0.1) is 12.7 Å². The molecule has 0 aliphatic carbocycles. The van der Waals surface area contributed by atoms with Gasteiger partial charge in [0.15, 0.2) is 0 Å². The minimum absolute atomic E-state index is 0.112. The third kappa shape index (κ3) is 2.23. The molecule has 0 unspecified atom stereocenters. The number of hydrogen-bond acceptors (Lipinski definition) is 3. The maximum absolute atomic E-state index is 12.7. The summed E-state index contributed by atoms with van der Waals surface area (Å²) in [5.41, 5.74) is -0.229. The minimum atomic E-state index is -2.72. The molecule has 6 heteroatoms. The number of methoxy groups -OCH3 is 1. The smallest absolute Gasteiger partial charge is 0.265 e. The lowest BCUT2D eigenvalue weighted by Gasteiger charge is -2.11. The van der Waals surface area contributed by atoms with Crippen molar-refractivity contribution in [2.45, 2.75) is 11.8 Å². The van der Waals surface area contributed by atoms with Crippen LogP contribution in [0.1, 0.15) is 23.1 Å². The van der Waals surface area contributed by atoms with Crippen molar-refractivity contribution in [3.8, 4) is 11.9 Å². The summed E-state index contributed by atoms with van der Waals surface area (Å²) >= 11 is 3.07. The van der Waals surface area contributed by atoms with Crippen molar-refractivity contribution in [2.75, 3.05) is 7.11 Å². The second-order valence-corrected chi connectivity index (χ2v) is 3.18. The van der Waals surface area contributed by atoms with Crippen LogP contribution in [0, 0.1) is 11.3 Å². The zero-order valence-electron chi connectivity index (χ0n) is 7.80. The van der Waals surface area contributed by atoms with Crippen LogP contribution in [0.3, 0.4) is 0 Å². The molecule has 0 aliphatic rings. The van der Waals surface area contributed by atoms with E-state index in [4.69, 9.17) is 10.00 Å². The average Bonchev–Trinajstić information content (AvgIpc) is 2.26. The number of alkyl halides is 3. The second-order valence-electron chi connectivity index (χ2n) is 2.62. The number of ether oxygens (including phenoxy) is 1. The van der Waals surface area contributed by atoms with Crippen molar-refractivity contribution in [3.05, 3.63) is 22.9 Å². The molecule has 0 saturated carbocycles. The van der Waals surface area contributed by atoms with Gasteiger partial charge in [0, 0.05) is 22.7 Å². The highest BCUT2D eigenvalue weighted by Gasteiger charge is 2.21. The van der Waals surface area contributed by atoms with Gasteiger partial charge in [-0.3, -0.25) is 0 Å². The van der Waals surface area contributed by atoms with Gasteiger partial charge >= 0.3 is 0 Å². The van der Waals surface area contributed by atoms with Crippen molar-refractivity contribution in [3.63, 3.8) is 0 Å². The molecule has 0 N–H and O–H groups in total. The second kappa shape index (κ2) is 5.03. The minimum Gasteiger partial charge on any atom is -0.481 e. The van der Waals surface area contributed by atoms with Crippen LogP contribution >= 0.6 is 15.9 Å². The first-order chi connectivity index (χ1) is 7.15. The fourth-order valence-electron chi connectivity index (χ4n) is 1.19. The van der Waals surface area contributed by atoms with E-state index in [0.717, 1.165) is 6.20 Å². The third-order valence-electron chi connectivity index (χ3n) is 1.85. The van der Waals surface area contributed by atoms with E-state index in [1.54, 1.807) is 6.07 Å². The predicted octanol–water partition coefficient (Wildman–Crippen LogP) is 2.79. The summed E-state index contributed by atoms with van der Waals surface area (Å²) < 4.78 is 30.3. The van der Waals surface area contributed by atoms with E-state index >= 15 is 0 Å². The van der Waals surface area contributed by atoms with Crippen molar-refractivity contribution in [1.29, 1.82) is 5.26 Å². The van der Waals surface area contributed by atoms with E-state index in [1.807, 2.05) is 0 Å². The molecule has 1 aromatic rings. The first-order valence-electron chi connectivity index (χ1n) is 3.95. The summed E-state index contributed by atoms with van der Waals surface area (Å²) in [4.78, 5) is 3.77. The summed E-state index contributed by atoms with van der Waals surface area (Å²) in [6.45, 7) is 0. The molecule has 0 aliphatic heterocycles. The molecule has 0 fully saturated rings. The Morgan fingerprint density at radius 3 is 2.73 bits per heavy atom. The lowest BCUT2D eigenvalue weighted by molar-refractivity contribution is 0.149. The standard InChI is InChI=1S/C9H7BrF2N2O/c1-15-9-6(2-10)7(8(11)12)5(3-13)4-14-9/h4,8H,2H2,1H3. The predicted molar refractivity (Wildman–Crippen MR) is 53.1 cm³/mol. The van der Waals surface area contributed by atoms with E-state index in [-0.39, 0.29) is 27.9 Å². The highest BCUT2D eigenvalue weighted by atomic mass is 79.9. The molecular formula is C9H7BrF2N2O. The van der Waals surface area contributed by atoms with Crippen molar-refractivity contribution in [2.24, 2.45) is 0 Å². The van der Waals surface area contributed by atoms with Gasteiger partial charge in [0.2, 0.25) is 5.88 Å². The maximum Gasteiger partial charge on any atom is 0.265 e. The zero-order chi connectivity index (χ0) is 11.4. The van der Waals surface area contributed by atoms with Gasteiger partial charge < -0.3 is 4.74 Å². The lowest BCUT2D eigenvalue weighted by Crippen LogP contribution is -2.02. The maximum atomic E-state index is 12.7. The molecule has 0 amide bonds.